The minimum Gasteiger partial charge on any atom is -0.338 e. The van der Waals surface area contributed by atoms with E-state index >= 15 is 0 Å². The summed E-state index contributed by atoms with van der Waals surface area (Å²) in [5.41, 5.74) is 1.99. The Hall–Kier alpha value is -1.55. The molecule has 1 fully saturated rings. The smallest absolute Gasteiger partial charge is 0.319 e. The number of urea groups is 1. The van der Waals surface area contributed by atoms with E-state index in [0.29, 0.717) is 5.92 Å². The third-order valence-corrected chi connectivity index (χ3v) is 3.51. The van der Waals surface area contributed by atoms with Gasteiger partial charge in [-0.25, -0.2) is 4.79 Å². The van der Waals surface area contributed by atoms with Crippen molar-refractivity contribution in [3.05, 3.63) is 29.8 Å². The highest BCUT2D eigenvalue weighted by atomic mass is 16.2. The van der Waals surface area contributed by atoms with Crippen molar-refractivity contribution in [1.82, 2.24) is 10.6 Å². The molecule has 1 saturated heterocycles. The quantitative estimate of drug-likeness (QED) is 0.780. The number of piperidine rings is 1. The Bertz CT molecular complexity index is 414. The molecule has 0 radical (unpaired) electrons. The lowest BCUT2D eigenvalue weighted by Gasteiger charge is -2.22. The Kier molecular flexibility index (Phi) is 5.21. The maximum absolute atomic E-state index is 11.7. The average molecular weight is 261 g/mol. The van der Waals surface area contributed by atoms with Gasteiger partial charge in [-0.1, -0.05) is 12.1 Å². The maximum Gasteiger partial charge on any atom is 0.319 e. The highest BCUT2D eigenvalue weighted by Gasteiger charge is 2.12. The molecule has 1 aromatic carbocycles. The summed E-state index contributed by atoms with van der Waals surface area (Å²) in [6.45, 7) is 4.97. The van der Waals surface area contributed by atoms with Crippen molar-refractivity contribution >= 4 is 11.7 Å². The van der Waals surface area contributed by atoms with Crippen LogP contribution in [-0.4, -0.2) is 25.7 Å². The number of hydrogen-bond acceptors (Lipinski definition) is 2. The summed E-state index contributed by atoms with van der Waals surface area (Å²) in [6.07, 6.45) is 3.57. The van der Waals surface area contributed by atoms with Gasteiger partial charge in [0.1, 0.15) is 0 Å². The molecule has 0 saturated carbocycles. The second-order valence-corrected chi connectivity index (χ2v) is 5.25. The van der Waals surface area contributed by atoms with Gasteiger partial charge in [0.15, 0.2) is 0 Å². The van der Waals surface area contributed by atoms with E-state index in [4.69, 9.17) is 0 Å². The molecule has 1 aliphatic rings. The van der Waals surface area contributed by atoms with E-state index in [0.717, 1.165) is 37.3 Å². The minimum atomic E-state index is -0.116. The Labute approximate surface area is 115 Å². The van der Waals surface area contributed by atoms with Gasteiger partial charge in [0, 0.05) is 12.2 Å². The summed E-state index contributed by atoms with van der Waals surface area (Å²) < 4.78 is 0. The molecule has 3 N–H and O–H groups in total. The number of anilines is 1. The molecule has 2 amide bonds. The first kappa shape index (κ1) is 13.9. The van der Waals surface area contributed by atoms with E-state index in [9.17, 15) is 4.79 Å². The molecule has 4 nitrogen and oxygen atoms in total. The van der Waals surface area contributed by atoms with Gasteiger partial charge in [-0.2, -0.15) is 0 Å². The van der Waals surface area contributed by atoms with E-state index < -0.39 is 0 Å². The van der Waals surface area contributed by atoms with E-state index in [1.807, 2.05) is 31.2 Å². The molecule has 1 heterocycles. The third kappa shape index (κ3) is 4.91. The highest BCUT2D eigenvalue weighted by molar-refractivity contribution is 5.89. The van der Waals surface area contributed by atoms with Crippen molar-refractivity contribution in [3.63, 3.8) is 0 Å². The van der Waals surface area contributed by atoms with Crippen LogP contribution in [0.2, 0.25) is 0 Å². The largest absolute Gasteiger partial charge is 0.338 e. The van der Waals surface area contributed by atoms with Crippen LogP contribution >= 0.6 is 0 Å². The van der Waals surface area contributed by atoms with Crippen LogP contribution in [0.1, 0.15) is 24.8 Å². The zero-order valence-electron chi connectivity index (χ0n) is 11.5. The lowest BCUT2D eigenvalue weighted by atomic mass is 9.96. The molecule has 19 heavy (non-hydrogen) atoms. The molecule has 104 valence electrons. The topological polar surface area (TPSA) is 53.2 Å². The molecule has 1 aromatic rings. The number of aryl methyl sites for hydroxylation is 1. The summed E-state index contributed by atoms with van der Waals surface area (Å²) >= 11 is 0. The van der Waals surface area contributed by atoms with Crippen molar-refractivity contribution in [1.29, 1.82) is 0 Å². The van der Waals surface area contributed by atoms with Crippen LogP contribution in [0.15, 0.2) is 24.3 Å². The molecule has 0 aromatic heterocycles. The van der Waals surface area contributed by atoms with Gasteiger partial charge in [-0.05, 0) is 62.9 Å². The fourth-order valence-corrected chi connectivity index (χ4v) is 2.46. The fourth-order valence-electron chi connectivity index (χ4n) is 2.46. The predicted molar refractivity (Wildman–Crippen MR) is 78.4 cm³/mol. The van der Waals surface area contributed by atoms with Gasteiger partial charge in [0.2, 0.25) is 0 Å². The number of benzene rings is 1. The van der Waals surface area contributed by atoms with Crippen LogP contribution in [0.4, 0.5) is 10.5 Å². The number of carbonyl (C=O) groups excluding carboxylic acids is 1. The molecule has 1 unspecified atom stereocenters. The first-order valence-electron chi connectivity index (χ1n) is 7.06. The van der Waals surface area contributed by atoms with Gasteiger partial charge in [-0.3, -0.25) is 0 Å². The van der Waals surface area contributed by atoms with Crippen LogP contribution in [0.5, 0.6) is 0 Å². The molecule has 2 rings (SSSR count). The summed E-state index contributed by atoms with van der Waals surface area (Å²) in [4.78, 5) is 11.7. The Morgan fingerprint density at radius 2 is 2.37 bits per heavy atom. The van der Waals surface area contributed by atoms with E-state index in [2.05, 4.69) is 16.0 Å². The van der Waals surface area contributed by atoms with Crippen molar-refractivity contribution in [2.24, 2.45) is 5.92 Å². The molecule has 0 aliphatic carbocycles. The summed E-state index contributed by atoms with van der Waals surface area (Å²) in [6, 6.07) is 7.70. The molecule has 4 heteroatoms. The van der Waals surface area contributed by atoms with E-state index in [1.54, 1.807) is 0 Å². The van der Waals surface area contributed by atoms with Crippen LogP contribution < -0.4 is 16.0 Å². The standard InChI is InChI=1S/C15H23N3O/c1-12-4-2-6-14(10-12)18-15(19)17-9-7-13-5-3-8-16-11-13/h2,4,6,10,13,16H,3,5,7-9,11H2,1H3,(H2,17,18,19). The zero-order chi connectivity index (χ0) is 13.5. The van der Waals surface area contributed by atoms with E-state index in [1.165, 1.54) is 12.8 Å². The van der Waals surface area contributed by atoms with Gasteiger partial charge >= 0.3 is 6.03 Å². The zero-order valence-corrected chi connectivity index (χ0v) is 11.5. The van der Waals surface area contributed by atoms with Gasteiger partial charge in [0.25, 0.3) is 0 Å². The maximum atomic E-state index is 11.7. The normalized spacial score (nSPS) is 18.9. The number of carbonyl (C=O) groups is 1. The molecule has 0 spiro atoms. The first-order valence-corrected chi connectivity index (χ1v) is 7.06. The highest BCUT2D eigenvalue weighted by Crippen LogP contribution is 2.13. The van der Waals surface area contributed by atoms with Gasteiger partial charge in [-0.15, -0.1) is 0 Å². The van der Waals surface area contributed by atoms with Crippen LogP contribution in [-0.2, 0) is 0 Å². The van der Waals surface area contributed by atoms with Crippen molar-refractivity contribution in [3.8, 4) is 0 Å². The van der Waals surface area contributed by atoms with Crippen LogP contribution in [0.3, 0.4) is 0 Å². The van der Waals surface area contributed by atoms with Crippen molar-refractivity contribution < 1.29 is 4.79 Å². The Morgan fingerprint density at radius 1 is 1.47 bits per heavy atom. The molecule has 1 atom stereocenters. The summed E-state index contributed by atoms with van der Waals surface area (Å²) in [7, 11) is 0. The summed E-state index contributed by atoms with van der Waals surface area (Å²) in [5.74, 6) is 0.702. The number of rotatable bonds is 4. The average Bonchev–Trinajstić information content (AvgIpc) is 2.40. The third-order valence-electron chi connectivity index (χ3n) is 3.51. The lowest BCUT2D eigenvalue weighted by Crippen LogP contribution is -2.34. The molecule has 1 aliphatic heterocycles. The Morgan fingerprint density at radius 3 is 3.11 bits per heavy atom. The minimum absolute atomic E-state index is 0.116. The number of nitrogens with one attached hydrogen (secondary N) is 3. The molecular weight excluding hydrogens is 238 g/mol. The number of hydrogen-bond donors (Lipinski definition) is 3. The molecular formula is C15H23N3O. The predicted octanol–water partition coefficient (Wildman–Crippen LogP) is 2.51. The van der Waals surface area contributed by atoms with Gasteiger partial charge < -0.3 is 16.0 Å². The second-order valence-electron chi connectivity index (χ2n) is 5.25. The second kappa shape index (κ2) is 7.14. The SMILES string of the molecule is Cc1cccc(NC(=O)NCCC2CCCNC2)c1. The fraction of sp³-hybridized carbons (Fsp3) is 0.533. The molecule has 0 bridgehead atoms. The lowest BCUT2D eigenvalue weighted by molar-refractivity contribution is 0.250. The monoisotopic (exact) mass is 261 g/mol. The van der Waals surface area contributed by atoms with Crippen molar-refractivity contribution in [2.75, 3.05) is 25.0 Å². The first-order chi connectivity index (χ1) is 9.24. The van der Waals surface area contributed by atoms with Crippen LogP contribution in [0, 0.1) is 12.8 Å². The van der Waals surface area contributed by atoms with Gasteiger partial charge in [0.05, 0.1) is 0 Å². The number of amides is 2. The Balaban J connectivity index is 1.67. The van der Waals surface area contributed by atoms with Crippen LogP contribution in [0.25, 0.3) is 0 Å². The van der Waals surface area contributed by atoms with E-state index in [-0.39, 0.29) is 6.03 Å². The van der Waals surface area contributed by atoms with Crippen molar-refractivity contribution in [2.45, 2.75) is 26.2 Å². The summed E-state index contributed by atoms with van der Waals surface area (Å²) in [5, 5.41) is 9.17.